The molecular weight excluding hydrogens is 262 g/mol. The molecule has 104 valence electrons. The minimum absolute atomic E-state index is 0.136. The molecule has 19 heavy (non-hydrogen) atoms. The molecule has 5 heteroatoms. The fraction of sp³-hybridized carbons (Fsp3) is 0.571. The predicted octanol–water partition coefficient (Wildman–Crippen LogP) is 0.933. The molecule has 3 rings (SSSR count). The van der Waals surface area contributed by atoms with E-state index in [1.807, 2.05) is 19.1 Å². The Morgan fingerprint density at radius 2 is 2.11 bits per heavy atom. The van der Waals surface area contributed by atoms with Crippen LogP contribution < -0.4 is 10.1 Å². The van der Waals surface area contributed by atoms with E-state index in [1.165, 1.54) is 5.56 Å². The molecule has 0 aliphatic carbocycles. The van der Waals surface area contributed by atoms with Gasteiger partial charge >= 0.3 is 0 Å². The first kappa shape index (κ1) is 12.9. The summed E-state index contributed by atoms with van der Waals surface area (Å²) in [5.41, 5.74) is 2.32. The zero-order valence-corrected chi connectivity index (χ0v) is 11.9. The topological polar surface area (TPSA) is 55.4 Å². The van der Waals surface area contributed by atoms with Gasteiger partial charge in [-0.15, -0.1) is 0 Å². The molecule has 1 aromatic rings. The average Bonchev–Trinajstić information content (AvgIpc) is 2.64. The maximum Gasteiger partial charge on any atom is 0.154 e. The Kier molecular flexibility index (Phi) is 3.27. The SMILES string of the molecule is Cc1ccc2c(c1)CC(CS(=O)(=O)CC1CNC1)O2. The standard InChI is InChI=1S/C14H19NO3S/c1-10-2-3-14-12(4-10)5-13(18-14)9-19(16,17)8-11-6-15-7-11/h2-4,11,13,15H,5-9H2,1H3. The molecule has 1 fully saturated rings. The lowest BCUT2D eigenvalue weighted by molar-refractivity contribution is 0.256. The third kappa shape index (κ3) is 2.92. The van der Waals surface area contributed by atoms with Crippen LogP contribution in [-0.4, -0.2) is 39.1 Å². The number of aryl methyl sites for hydroxylation is 1. The number of sulfone groups is 1. The Balaban J connectivity index is 1.63. The molecule has 2 aliphatic rings. The first-order chi connectivity index (χ1) is 9.02. The van der Waals surface area contributed by atoms with Crippen LogP contribution in [0.25, 0.3) is 0 Å². The van der Waals surface area contributed by atoms with Gasteiger partial charge in [0.15, 0.2) is 9.84 Å². The van der Waals surface area contributed by atoms with Gasteiger partial charge in [-0.1, -0.05) is 17.7 Å². The van der Waals surface area contributed by atoms with E-state index in [2.05, 4.69) is 11.4 Å². The summed E-state index contributed by atoms with van der Waals surface area (Å²) < 4.78 is 29.9. The third-order valence-corrected chi connectivity index (χ3v) is 5.61. The maximum absolute atomic E-state index is 12.1. The number of fused-ring (bicyclic) bond motifs is 1. The molecule has 1 aromatic carbocycles. The Morgan fingerprint density at radius 3 is 2.79 bits per heavy atom. The normalized spacial score (nSPS) is 22.7. The molecule has 0 bridgehead atoms. The van der Waals surface area contributed by atoms with Gasteiger partial charge < -0.3 is 10.1 Å². The second kappa shape index (κ2) is 4.80. The van der Waals surface area contributed by atoms with Crippen molar-refractivity contribution in [3.63, 3.8) is 0 Å². The highest BCUT2D eigenvalue weighted by Gasteiger charge is 2.30. The van der Waals surface area contributed by atoms with Crippen molar-refractivity contribution in [3.05, 3.63) is 29.3 Å². The lowest BCUT2D eigenvalue weighted by Crippen LogP contribution is -2.46. The van der Waals surface area contributed by atoms with Crippen LogP contribution in [0.15, 0.2) is 18.2 Å². The largest absolute Gasteiger partial charge is 0.489 e. The summed E-state index contributed by atoms with van der Waals surface area (Å²) in [5, 5.41) is 3.10. The van der Waals surface area contributed by atoms with Crippen molar-refractivity contribution < 1.29 is 13.2 Å². The van der Waals surface area contributed by atoms with Gasteiger partial charge in [-0.2, -0.15) is 0 Å². The van der Waals surface area contributed by atoms with Crippen molar-refractivity contribution in [1.82, 2.24) is 5.32 Å². The molecule has 2 aliphatic heterocycles. The molecule has 4 nitrogen and oxygen atoms in total. The molecule has 1 N–H and O–H groups in total. The van der Waals surface area contributed by atoms with E-state index >= 15 is 0 Å². The smallest absolute Gasteiger partial charge is 0.154 e. The maximum atomic E-state index is 12.1. The molecule has 2 heterocycles. The summed E-state index contributed by atoms with van der Waals surface area (Å²) in [7, 11) is -3.02. The fourth-order valence-electron chi connectivity index (χ4n) is 2.72. The van der Waals surface area contributed by atoms with E-state index in [-0.39, 0.29) is 23.5 Å². The van der Waals surface area contributed by atoms with E-state index in [4.69, 9.17) is 4.74 Å². The molecule has 0 amide bonds. The molecule has 1 atom stereocenters. The first-order valence-corrected chi connectivity index (χ1v) is 8.51. The number of ether oxygens (including phenoxy) is 1. The average molecular weight is 281 g/mol. The van der Waals surface area contributed by atoms with Crippen molar-refractivity contribution in [2.75, 3.05) is 24.6 Å². The van der Waals surface area contributed by atoms with Crippen LogP contribution in [-0.2, 0) is 16.3 Å². The van der Waals surface area contributed by atoms with Crippen LogP contribution in [0.2, 0.25) is 0 Å². The fourth-order valence-corrected chi connectivity index (χ4v) is 4.56. The first-order valence-electron chi connectivity index (χ1n) is 6.69. The number of benzene rings is 1. The van der Waals surface area contributed by atoms with Crippen LogP contribution in [0.5, 0.6) is 5.75 Å². The van der Waals surface area contributed by atoms with Crippen LogP contribution >= 0.6 is 0 Å². The van der Waals surface area contributed by atoms with Crippen LogP contribution in [0.4, 0.5) is 0 Å². The van der Waals surface area contributed by atoms with E-state index in [9.17, 15) is 8.42 Å². The highest BCUT2D eigenvalue weighted by Crippen LogP contribution is 2.30. The van der Waals surface area contributed by atoms with Gasteiger partial charge in [0.25, 0.3) is 0 Å². The quantitative estimate of drug-likeness (QED) is 0.892. The van der Waals surface area contributed by atoms with Gasteiger partial charge in [-0.3, -0.25) is 0 Å². The Bertz CT molecular complexity index is 578. The van der Waals surface area contributed by atoms with Crippen LogP contribution in [0, 0.1) is 12.8 Å². The van der Waals surface area contributed by atoms with Crippen molar-refractivity contribution in [2.24, 2.45) is 5.92 Å². The van der Waals surface area contributed by atoms with Gasteiger partial charge in [0.05, 0.1) is 11.5 Å². The minimum Gasteiger partial charge on any atom is -0.489 e. The summed E-state index contributed by atoms with van der Waals surface area (Å²) in [5.74, 6) is 1.55. The van der Waals surface area contributed by atoms with Crippen LogP contribution in [0.3, 0.4) is 0 Å². The summed E-state index contributed by atoms with van der Waals surface area (Å²) in [6.45, 7) is 3.68. The molecule has 0 radical (unpaired) electrons. The molecular formula is C14H19NO3S. The van der Waals surface area contributed by atoms with Crippen molar-refractivity contribution in [1.29, 1.82) is 0 Å². The number of rotatable bonds is 4. The van der Waals surface area contributed by atoms with Gasteiger partial charge in [0.1, 0.15) is 11.9 Å². The second-order valence-corrected chi connectivity index (χ2v) is 7.81. The number of nitrogens with one attached hydrogen (secondary N) is 1. The minimum atomic E-state index is -3.02. The Morgan fingerprint density at radius 1 is 1.32 bits per heavy atom. The number of hydrogen-bond donors (Lipinski definition) is 1. The monoisotopic (exact) mass is 281 g/mol. The predicted molar refractivity (Wildman–Crippen MR) is 74.3 cm³/mol. The summed E-state index contributed by atoms with van der Waals surface area (Å²) in [4.78, 5) is 0. The van der Waals surface area contributed by atoms with E-state index < -0.39 is 9.84 Å². The van der Waals surface area contributed by atoms with Crippen molar-refractivity contribution >= 4 is 9.84 Å². The zero-order chi connectivity index (χ0) is 13.5. The van der Waals surface area contributed by atoms with Gasteiger partial charge in [0.2, 0.25) is 0 Å². The molecule has 1 unspecified atom stereocenters. The lowest BCUT2D eigenvalue weighted by Gasteiger charge is -2.27. The number of hydrogen-bond acceptors (Lipinski definition) is 4. The van der Waals surface area contributed by atoms with Gasteiger partial charge in [-0.25, -0.2) is 8.42 Å². The molecule has 0 aromatic heterocycles. The third-order valence-electron chi connectivity index (χ3n) is 3.75. The van der Waals surface area contributed by atoms with Crippen molar-refractivity contribution in [2.45, 2.75) is 19.4 Å². The zero-order valence-electron chi connectivity index (χ0n) is 11.1. The highest BCUT2D eigenvalue weighted by atomic mass is 32.2. The summed E-state index contributed by atoms with van der Waals surface area (Å²) in [6.07, 6.45) is 0.494. The van der Waals surface area contributed by atoms with Crippen molar-refractivity contribution in [3.8, 4) is 5.75 Å². The summed E-state index contributed by atoms with van der Waals surface area (Å²) >= 11 is 0. The molecule has 0 saturated carbocycles. The van der Waals surface area contributed by atoms with Gasteiger partial charge in [0, 0.05) is 19.5 Å². The van der Waals surface area contributed by atoms with Crippen LogP contribution in [0.1, 0.15) is 11.1 Å². The van der Waals surface area contributed by atoms with E-state index in [0.29, 0.717) is 6.42 Å². The summed E-state index contributed by atoms with van der Waals surface area (Å²) in [6, 6.07) is 6.01. The van der Waals surface area contributed by atoms with E-state index in [1.54, 1.807) is 0 Å². The second-order valence-electron chi connectivity index (χ2n) is 5.66. The Hall–Kier alpha value is -1.07. The molecule has 0 spiro atoms. The highest BCUT2D eigenvalue weighted by molar-refractivity contribution is 7.91. The molecule has 1 saturated heterocycles. The van der Waals surface area contributed by atoms with E-state index in [0.717, 1.165) is 24.4 Å². The van der Waals surface area contributed by atoms with Gasteiger partial charge in [-0.05, 0) is 24.5 Å². The lowest BCUT2D eigenvalue weighted by atomic mass is 10.1. The Labute approximate surface area is 114 Å².